The van der Waals surface area contributed by atoms with Gasteiger partial charge in [0.15, 0.2) is 5.03 Å². The van der Waals surface area contributed by atoms with Crippen LogP contribution in [0.15, 0.2) is 35.7 Å². The lowest BCUT2D eigenvalue weighted by molar-refractivity contribution is 0.0651. The summed E-state index contributed by atoms with van der Waals surface area (Å²) in [5.41, 5.74) is 0.650. The van der Waals surface area contributed by atoms with Gasteiger partial charge in [-0.1, -0.05) is 11.6 Å². The van der Waals surface area contributed by atoms with Gasteiger partial charge in [-0.25, -0.2) is 17.8 Å². The topological polar surface area (TPSA) is 76.5 Å². The summed E-state index contributed by atoms with van der Waals surface area (Å²) in [5.74, 6) is -0.515. The summed E-state index contributed by atoms with van der Waals surface area (Å²) in [5, 5.41) is 3.39. The molecular weight excluding hydrogens is 407 g/mol. The highest BCUT2D eigenvalue weighted by Crippen LogP contribution is 2.33. The minimum Gasteiger partial charge on any atom is -0.381 e. The molecule has 7 nitrogen and oxygen atoms in total. The lowest BCUT2D eigenvalue weighted by Crippen LogP contribution is -2.35. The first kappa shape index (κ1) is 19.6. The van der Waals surface area contributed by atoms with Crippen LogP contribution in [0.2, 0.25) is 5.02 Å². The SMILES string of the molecule is Cn1cnc(S(=O)(=O)N2CC(Nc3ccc(F)c(Cl)c3)C(C3CCCO3)C2)c1. The number of sulfonamides is 1. The summed E-state index contributed by atoms with van der Waals surface area (Å²) in [6, 6.07) is 4.23. The number of nitrogens with zero attached hydrogens (tertiary/aromatic N) is 3. The van der Waals surface area contributed by atoms with Crippen LogP contribution in [0.5, 0.6) is 0 Å². The second kappa shape index (κ2) is 7.62. The maximum Gasteiger partial charge on any atom is 0.262 e. The molecule has 1 aromatic carbocycles. The first-order valence-corrected chi connectivity index (χ1v) is 11.0. The molecule has 0 amide bonds. The fourth-order valence-corrected chi connectivity index (χ4v) is 5.56. The molecule has 2 aliphatic rings. The third kappa shape index (κ3) is 3.76. The molecule has 3 atom stereocenters. The molecule has 2 aromatic rings. The zero-order valence-electron chi connectivity index (χ0n) is 15.4. The molecule has 1 N–H and O–H groups in total. The van der Waals surface area contributed by atoms with E-state index in [4.69, 9.17) is 16.3 Å². The number of ether oxygens (including phenoxy) is 1. The van der Waals surface area contributed by atoms with Gasteiger partial charge in [0, 0.05) is 50.6 Å². The Bertz CT molecular complexity index is 961. The van der Waals surface area contributed by atoms with Crippen molar-refractivity contribution < 1.29 is 17.5 Å². The van der Waals surface area contributed by atoms with Gasteiger partial charge in [0.05, 0.1) is 17.5 Å². The number of aromatic nitrogens is 2. The summed E-state index contributed by atoms with van der Waals surface area (Å²) < 4.78 is 48.4. The van der Waals surface area contributed by atoms with Gasteiger partial charge < -0.3 is 14.6 Å². The predicted molar refractivity (Wildman–Crippen MR) is 103 cm³/mol. The standard InChI is InChI=1S/C18H22ClFN4O3S/c1-23-10-18(21-11-23)28(25,26)24-8-13(17-3-2-6-27-17)16(9-24)22-12-4-5-15(20)14(19)7-12/h4-5,7,10-11,13,16-17,22H,2-3,6,8-9H2,1H3. The maximum absolute atomic E-state index is 13.5. The van der Waals surface area contributed by atoms with E-state index < -0.39 is 15.8 Å². The van der Waals surface area contributed by atoms with Gasteiger partial charge in [-0.3, -0.25) is 0 Å². The fourth-order valence-electron chi connectivity index (χ4n) is 3.91. The summed E-state index contributed by atoms with van der Waals surface area (Å²) in [4.78, 5) is 4.01. The molecule has 0 aliphatic carbocycles. The fraction of sp³-hybridized carbons (Fsp3) is 0.500. The zero-order chi connectivity index (χ0) is 19.9. The molecule has 0 bridgehead atoms. The van der Waals surface area contributed by atoms with E-state index in [0.717, 1.165) is 12.8 Å². The molecule has 4 rings (SSSR count). The highest BCUT2D eigenvalue weighted by molar-refractivity contribution is 7.89. The van der Waals surface area contributed by atoms with Gasteiger partial charge >= 0.3 is 0 Å². The van der Waals surface area contributed by atoms with Crippen molar-refractivity contribution in [2.45, 2.75) is 30.0 Å². The molecule has 1 aromatic heterocycles. The number of halogens is 2. The van der Waals surface area contributed by atoms with E-state index in [1.54, 1.807) is 17.7 Å². The molecule has 152 valence electrons. The van der Waals surface area contributed by atoms with Crippen LogP contribution >= 0.6 is 11.6 Å². The first-order valence-electron chi connectivity index (χ1n) is 9.16. The van der Waals surface area contributed by atoms with Crippen LogP contribution in [-0.2, 0) is 21.8 Å². The van der Waals surface area contributed by atoms with Crippen molar-refractivity contribution in [1.82, 2.24) is 13.9 Å². The molecule has 10 heteroatoms. The Morgan fingerprint density at radius 3 is 2.82 bits per heavy atom. The molecule has 2 saturated heterocycles. The zero-order valence-corrected chi connectivity index (χ0v) is 17.0. The molecule has 2 fully saturated rings. The van der Waals surface area contributed by atoms with Crippen LogP contribution in [0.3, 0.4) is 0 Å². The van der Waals surface area contributed by atoms with Gasteiger partial charge in [-0.05, 0) is 31.0 Å². The number of nitrogens with one attached hydrogen (secondary N) is 1. The van der Waals surface area contributed by atoms with Gasteiger partial charge in [0.1, 0.15) is 5.82 Å². The largest absolute Gasteiger partial charge is 0.381 e. The van der Waals surface area contributed by atoms with Crippen LogP contribution in [-0.4, -0.2) is 54.1 Å². The van der Waals surface area contributed by atoms with Gasteiger partial charge in [0.25, 0.3) is 10.0 Å². The summed E-state index contributed by atoms with van der Waals surface area (Å²) >= 11 is 5.89. The highest BCUT2D eigenvalue weighted by atomic mass is 35.5. The molecule has 0 saturated carbocycles. The van der Waals surface area contributed by atoms with Crippen molar-refractivity contribution in [3.63, 3.8) is 0 Å². The first-order chi connectivity index (χ1) is 13.3. The normalized spacial score (nSPS) is 26.0. The Hall–Kier alpha value is -1.68. The number of hydrogen-bond acceptors (Lipinski definition) is 5. The lowest BCUT2D eigenvalue weighted by atomic mass is 9.94. The summed E-state index contributed by atoms with van der Waals surface area (Å²) in [6.07, 6.45) is 4.80. The number of aryl methyl sites for hydroxylation is 1. The van der Waals surface area contributed by atoms with E-state index in [-0.39, 0.29) is 34.7 Å². The van der Waals surface area contributed by atoms with Crippen molar-refractivity contribution in [2.24, 2.45) is 13.0 Å². The van der Waals surface area contributed by atoms with E-state index in [1.807, 2.05) is 0 Å². The summed E-state index contributed by atoms with van der Waals surface area (Å²) in [7, 11) is -1.97. The number of benzene rings is 1. The minimum absolute atomic E-state index is 0.0163. The van der Waals surface area contributed by atoms with E-state index in [9.17, 15) is 12.8 Å². The second-order valence-corrected chi connectivity index (χ2v) is 9.59. The molecule has 3 heterocycles. The number of hydrogen-bond donors (Lipinski definition) is 1. The van der Waals surface area contributed by atoms with Crippen molar-refractivity contribution >= 4 is 27.3 Å². The quantitative estimate of drug-likeness (QED) is 0.791. The maximum atomic E-state index is 13.5. The smallest absolute Gasteiger partial charge is 0.262 e. The number of imidazole rings is 1. The molecule has 3 unspecified atom stereocenters. The van der Waals surface area contributed by atoms with Crippen LogP contribution in [0.1, 0.15) is 12.8 Å². The molecular formula is C18H22ClFN4O3S. The van der Waals surface area contributed by atoms with E-state index in [1.165, 1.54) is 29.0 Å². The molecule has 0 radical (unpaired) electrons. The Labute approximate surface area is 168 Å². The second-order valence-electron chi connectivity index (χ2n) is 7.29. The van der Waals surface area contributed by atoms with Gasteiger partial charge in [0.2, 0.25) is 0 Å². The number of rotatable bonds is 5. The van der Waals surface area contributed by atoms with Crippen molar-refractivity contribution in [1.29, 1.82) is 0 Å². The molecule has 2 aliphatic heterocycles. The minimum atomic E-state index is -3.70. The van der Waals surface area contributed by atoms with E-state index in [0.29, 0.717) is 18.8 Å². The Morgan fingerprint density at radius 2 is 2.18 bits per heavy atom. The van der Waals surface area contributed by atoms with Crippen LogP contribution in [0, 0.1) is 11.7 Å². The Balaban J connectivity index is 1.59. The average Bonchev–Trinajstić information content (AvgIpc) is 3.38. The molecule has 28 heavy (non-hydrogen) atoms. The van der Waals surface area contributed by atoms with Crippen molar-refractivity contribution in [3.05, 3.63) is 41.6 Å². The van der Waals surface area contributed by atoms with E-state index >= 15 is 0 Å². The lowest BCUT2D eigenvalue weighted by Gasteiger charge is -2.25. The van der Waals surface area contributed by atoms with Gasteiger partial charge in [-0.15, -0.1) is 0 Å². The van der Waals surface area contributed by atoms with E-state index in [2.05, 4.69) is 10.3 Å². The third-order valence-electron chi connectivity index (χ3n) is 5.33. The van der Waals surface area contributed by atoms with Crippen LogP contribution in [0.4, 0.5) is 10.1 Å². The Kier molecular flexibility index (Phi) is 5.34. The molecule has 0 spiro atoms. The van der Waals surface area contributed by atoms with Gasteiger partial charge in [-0.2, -0.15) is 4.31 Å². The Morgan fingerprint density at radius 1 is 1.36 bits per heavy atom. The van der Waals surface area contributed by atoms with Crippen LogP contribution < -0.4 is 5.32 Å². The van der Waals surface area contributed by atoms with Crippen molar-refractivity contribution in [2.75, 3.05) is 25.0 Å². The highest BCUT2D eigenvalue weighted by Gasteiger charge is 2.44. The monoisotopic (exact) mass is 428 g/mol. The predicted octanol–water partition coefficient (Wildman–Crippen LogP) is 2.49. The third-order valence-corrected chi connectivity index (χ3v) is 7.34. The van der Waals surface area contributed by atoms with Crippen LogP contribution in [0.25, 0.3) is 0 Å². The number of anilines is 1. The van der Waals surface area contributed by atoms with Crippen molar-refractivity contribution in [3.8, 4) is 0 Å². The average molecular weight is 429 g/mol. The summed E-state index contributed by atoms with van der Waals surface area (Å²) in [6.45, 7) is 1.30.